The van der Waals surface area contributed by atoms with Crippen molar-refractivity contribution in [2.24, 2.45) is 11.7 Å². The van der Waals surface area contributed by atoms with Crippen LogP contribution < -0.4 is 15.8 Å². The van der Waals surface area contributed by atoms with Crippen LogP contribution in [0.3, 0.4) is 0 Å². The molecule has 1 aromatic rings. The topological polar surface area (TPSA) is 64.3 Å². The van der Waals surface area contributed by atoms with Crippen LogP contribution in [0.4, 0.5) is 0 Å². The van der Waals surface area contributed by atoms with Gasteiger partial charge >= 0.3 is 0 Å². The molecule has 1 amide bonds. The standard InChI is InChI=1S/C16H24N2O2S/c1-10(2)5-6-18-14(19)9-20-15-11(3)7-13(16(17)21)8-12(15)4/h7-8,10H,5-6,9H2,1-4H3,(H2,17,21)(H,18,19). The number of nitrogens with one attached hydrogen (secondary N) is 1. The van der Waals surface area contributed by atoms with Crippen LogP contribution in [-0.2, 0) is 4.79 Å². The van der Waals surface area contributed by atoms with Crippen LogP contribution in [-0.4, -0.2) is 24.0 Å². The number of benzene rings is 1. The van der Waals surface area contributed by atoms with Crippen molar-refractivity contribution in [3.05, 3.63) is 28.8 Å². The summed E-state index contributed by atoms with van der Waals surface area (Å²) in [4.78, 5) is 12.1. The molecular formula is C16H24N2O2S. The number of rotatable bonds is 7. The minimum atomic E-state index is -0.104. The van der Waals surface area contributed by atoms with Gasteiger partial charge in [-0.05, 0) is 49.4 Å². The van der Waals surface area contributed by atoms with E-state index in [0.29, 0.717) is 23.2 Å². The highest BCUT2D eigenvalue weighted by Crippen LogP contribution is 2.24. The van der Waals surface area contributed by atoms with E-state index in [1.165, 1.54) is 0 Å². The van der Waals surface area contributed by atoms with E-state index in [4.69, 9.17) is 22.7 Å². The molecule has 116 valence electrons. The van der Waals surface area contributed by atoms with Crippen molar-refractivity contribution in [1.29, 1.82) is 0 Å². The van der Waals surface area contributed by atoms with Crippen molar-refractivity contribution in [1.82, 2.24) is 5.32 Å². The van der Waals surface area contributed by atoms with Crippen LogP contribution in [0.1, 0.15) is 37.0 Å². The summed E-state index contributed by atoms with van der Waals surface area (Å²) in [6.45, 7) is 8.78. The first kappa shape index (κ1) is 17.4. The zero-order valence-electron chi connectivity index (χ0n) is 13.2. The maximum absolute atomic E-state index is 11.7. The predicted molar refractivity (Wildman–Crippen MR) is 89.8 cm³/mol. The molecule has 3 N–H and O–H groups in total. The Morgan fingerprint density at radius 2 is 1.90 bits per heavy atom. The molecule has 0 fully saturated rings. The lowest BCUT2D eigenvalue weighted by Crippen LogP contribution is -2.30. The minimum absolute atomic E-state index is 0.0200. The molecule has 0 aliphatic rings. The van der Waals surface area contributed by atoms with E-state index in [1.807, 2.05) is 26.0 Å². The molecule has 0 saturated carbocycles. The molecule has 0 atom stereocenters. The Morgan fingerprint density at radius 1 is 1.33 bits per heavy atom. The summed E-state index contributed by atoms with van der Waals surface area (Å²) in [6.07, 6.45) is 0.965. The first-order valence-electron chi connectivity index (χ1n) is 7.11. The van der Waals surface area contributed by atoms with E-state index < -0.39 is 0 Å². The lowest BCUT2D eigenvalue weighted by atomic mass is 10.1. The number of amides is 1. The fraction of sp³-hybridized carbons (Fsp3) is 0.500. The largest absolute Gasteiger partial charge is 0.483 e. The Morgan fingerprint density at radius 3 is 2.38 bits per heavy atom. The van der Waals surface area contributed by atoms with Crippen LogP contribution in [0.15, 0.2) is 12.1 Å². The highest BCUT2D eigenvalue weighted by atomic mass is 32.1. The monoisotopic (exact) mass is 308 g/mol. The van der Waals surface area contributed by atoms with Gasteiger partial charge in [-0.1, -0.05) is 26.1 Å². The summed E-state index contributed by atoms with van der Waals surface area (Å²) < 4.78 is 5.63. The Hall–Kier alpha value is -1.62. The smallest absolute Gasteiger partial charge is 0.257 e. The quantitative estimate of drug-likeness (QED) is 0.760. The van der Waals surface area contributed by atoms with Gasteiger partial charge < -0.3 is 15.8 Å². The van der Waals surface area contributed by atoms with Crippen LogP contribution in [0.25, 0.3) is 0 Å². The third-order valence-electron chi connectivity index (χ3n) is 3.14. The maximum atomic E-state index is 11.7. The van der Waals surface area contributed by atoms with E-state index in [9.17, 15) is 4.79 Å². The van der Waals surface area contributed by atoms with Crippen LogP contribution in [0, 0.1) is 19.8 Å². The third-order valence-corrected chi connectivity index (χ3v) is 3.37. The molecule has 0 saturated heterocycles. The van der Waals surface area contributed by atoms with E-state index >= 15 is 0 Å². The van der Waals surface area contributed by atoms with E-state index in [-0.39, 0.29) is 12.5 Å². The van der Waals surface area contributed by atoms with Gasteiger partial charge in [0, 0.05) is 12.1 Å². The summed E-state index contributed by atoms with van der Waals surface area (Å²) in [5.41, 5.74) is 8.29. The van der Waals surface area contributed by atoms with Gasteiger partial charge in [0.25, 0.3) is 5.91 Å². The van der Waals surface area contributed by atoms with E-state index in [0.717, 1.165) is 23.1 Å². The van der Waals surface area contributed by atoms with Gasteiger partial charge in [0.2, 0.25) is 0 Å². The minimum Gasteiger partial charge on any atom is -0.483 e. The van der Waals surface area contributed by atoms with Gasteiger partial charge in [-0.2, -0.15) is 0 Å². The average molecular weight is 308 g/mol. The molecule has 0 radical (unpaired) electrons. The van der Waals surface area contributed by atoms with Crippen molar-refractivity contribution in [3.63, 3.8) is 0 Å². The second-order valence-electron chi connectivity index (χ2n) is 5.62. The third kappa shape index (κ3) is 5.71. The van der Waals surface area contributed by atoms with Gasteiger partial charge in [0.15, 0.2) is 6.61 Å². The van der Waals surface area contributed by atoms with E-state index in [2.05, 4.69) is 19.2 Å². The molecule has 1 rings (SSSR count). The molecule has 0 bridgehead atoms. The predicted octanol–water partition coefficient (Wildman–Crippen LogP) is 2.48. The van der Waals surface area contributed by atoms with Crippen molar-refractivity contribution < 1.29 is 9.53 Å². The molecule has 1 aromatic carbocycles. The highest BCUT2D eigenvalue weighted by Gasteiger charge is 2.10. The SMILES string of the molecule is Cc1cc(C(N)=S)cc(C)c1OCC(=O)NCCC(C)C. The second kappa shape index (κ2) is 7.98. The van der Waals surface area contributed by atoms with Crippen LogP contribution in [0.5, 0.6) is 5.75 Å². The molecule has 21 heavy (non-hydrogen) atoms. The maximum Gasteiger partial charge on any atom is 0.257 e. The number of hydrogen-bond donors (Lipinski definition) is 2. The first-order valence-corrected chi connectivity index (χ1v) is 7.52. The Balaban J connectivity index is 2.59. The number of aryl methyl sites for hydroxylation is 2. The fourth-order valence-electron chi connectivity index (χ4n) is 2.01. The molecular weight excluding hydrogens is 284 g/mol. The van der Waals surface area contributed by atoms with Gasteiger partial charge in [-0.25, -0.2) is 0 Å². The van der Waals surface area contributed by atoms with Gasteiger partial charge in [-0.3, -0.25) is 4.79 Å². The molecule has 0 spiro atoms. The molecule has 5 heteroatoms. The number of thiocarbonyl (C=S) groups is 1. The van der Waals surface area contributed by atoms with Gasteiger partial charge in [0.1, 0.15) is 10.7 Å². The summed E-state index contributed by atoms with van der Waals surface area (Å²) in [6, 6.07) is 3.75. The zero-order chi connectivity index (χ0) is 16.0. The average Bonchev–Trinajstić information content (AvgIpc) is 2.36. The Labute approximate surface area is 132 Å². The molecule has 0 aliphatic heterocycles. The number of carbonyl (C=O) groups is 1. The Kier molecular flexibility index (Phi) is 6.62. The van der Waals surface area contributed by atoms with Crippen molar-refractivity contribution in [2.75, 3.05) is 13.2 Å². The zero-order valence-corrected chi connectivity index (χ0v) is 14.0. The van der Waals surface area contributed by atoms with Crippen molar-refractivity contribution >= 4 is 23.1 Å². The lowest BCUT2D eigenvalue weighted by molar-refractivity contribution is -0.123. The first-order chi connectivity index (χ1) is 9.81. The van der Waals surface area contributed by atoms with E-state index in [1.54, 1.807) is 0 Å². The normalized spacial score (nSPS) is 10.5. The van der Waals surface area contributed by atoms with Crippen molar-refractivity contribution in [3.8, 4) is 5.75 Å². The van der Waals surface area contributed by atoms with Crippen molar-refractivity contribution in [2.45, 2.75) is 34.1 Å². The molecule has 4 nitrogen and oxygen atoms in total. The Bertz CT molecular complexity index is 504. The second-order valence-corrected chi connectivity index (χ2v) is 6.06. The summed E-state index contributed by atoms with van der Waals surface area (Å²) in [5, 5.41) is 2.85. The lowest BCUT2D eigenvalue weighted by Gasteiger charge is -2.14. The molecule has 0 unspecified atom stereocenters. The fourth-order valence-corrected chi connectivity index (χ4v) is 2.13. The number of hydrogen-bond acceptors (Lipinski definition) is 3. The summed E-state index contributed by atoms with van der Waals surface area (Å²) >= 11 is 4.97. The summed E-state index contributed by atoms with van der Waals surface area (Å²) in [7, 11) is 0. The van der Waals surface area contributed by atoms with Gasteiger partial charge in [0.05, 0.1) is 0 Å². The highest BCUT2D eigenvalue weighted by molar-refractivity contribution is 7.80. The molecule has 0 aliphatic carbocycles. The molecule has 0 heterocycles. The molecule has 0 aromatic heterocycles. The number of nitrogens with two attached hydrogens (primary N) is 1. The van der Waals surface area contributed by atoms with Crippen LogP contribution >= 0.6 is 12.2 Å². The van der Waals surface area contributed by atoms with Crippen LogP contribution in [0.2, 0.25) is 0 Å². The summed E-state index contributed by atoms with van der Waals surface area (Å²) in [5.74, 6) is 1.19. The number of carbonyl (C=O) groups excluding carboxylic acids is 1. The number of ether oxygens (including phenoxy) is 1. The van der Waals surface area contributed by atoms with Gasteiger partial charge in [-0.15, -0.1) is 0 Å².